The van der Waals surface area contributed by atoms with E-state index in [2.05, 4.69) is 4.98 Å². The maximum atomic E-state index is 12.6. The lowest BCUT2D eigenvalue weighted by molar-refractivity contribution is -0.142. The Morgan fingerprint density at radius 2 is 2.18 bits per heavy atom. The van der Waals surface area contributed by atoms with Gasteiger partial charge >= 0.3 is 0 Å². The molecule has 0 saturated carbocycles. The Hall–Kier alpha value is -1.85. The lowest BCUT2D eigenvalue weighted by atomic mass is 10.1. The van der Waals surface area contributed by atoms with Crippen molar-refractivity contribution in [2.75, 3.05) is 19.7 Å². The highest BCUT2D eigenvalue weighted by atomic mass is 35.5. The second-order valence-corrected chi connectivity index (χ2v) is 5.82. The molecule has 1 aliphatic heterocycles. The molecule has 5 nitrogen and oxygen atoms in total. The van der Waals surface area contributed by atoms with Crippen molar-refractivity contribution in [1.29, 1.82) is 0 Å². The van der Waals surface area contributed by atoms with Crippen molar-refractivity contribution >= 4 is 17.5 Å². The molecule has 3 rings (SSSR count). The van der Waals surface area contributed by atoms with Crippen LogP contribution < -0.4 is 0 Å². The van der Waals surface area contributed by atoms with Crippen LogP contribution in [0, 0.1) is 0 Å². The minimum Gasteiger partial charge on any atom is -0.370 e. The fraction of sp³-hybridized carbons (Fsp3) is 0.375. The van der Waals surface area contributed by atoms with E-state index in [1.54, 1.807) is 18.7 Å². The zero-order valence-electron chi connectivity index (χ0n) is 12.4. The lowest BCUT2D eigenvalue weighted by Crippen LogP contribution is -2.44. The number of imidazole rings is 1. The summed E-state index contributed by atoms with van der Waals surface area (Å²) in [4.78, 5) is 18.5. The number of hydrogen-bond donors (Lipinski definition) is 0. The number of amides is 1. The number of carbonyl (C=O) groups is 1. The number of ether oxygens (including phenoxy) is 1. The molecular weight excluding hydrogens is 302 g/mol. The minimum atomic E-state index is -0.258. The van der Waals surface area contributed by atoms with Crippen LogP contribution >= 0.6 is 11.6 Å². The van der Waals surface area contributed by atoms with Crippen molar-refractivity contribution in [2.45, 2.75) is 19.1 Å². The summed E-state index contributed by atoms with van der Waals surface area (Å²) in [7, 11) is 0. The fourth-order valence-corrected chi connectivity index (χ4v) is 2.74. The van der Waals surface area contributed by atoms with Crippen LogP contribution in [-0.4, -0.2) is 40.1 Å². The first kappa shape index (κ1) is 15.1. The molecular formula is C16H18ClN3O2. The molecule has 1 fully saturated rings. The summed E-state index contributed by atoms with van der Waals surface area (Å²) in [6.45, 7) is 3.59. The third-order valence-corrected chi connectivity index (χ3v) is 4.20. The molecule has 2 heterocycles. The maximum absolute atomic E-state index is 12.6. The monoisotopic (exact) mass is 319 g/mol. The van der Waals surface area contributed by atoms with Crippen LogP contribution in [0.4, 0.5) is 0 Å². The van der Waals surface area contributed by atoms with Crippen molar-refractivity contribution in [3.8, 4) is 0 Å². The SMILES string of the molecule is C[C@H](C(=O)N1CCO[C@@H](c2ccc(Cl)cc2)C1)n1ccnc1. The van der Waals surface area contributed by atoms with Crippen molar-refractivity contribution < 1.29 is 9.53 Å². The molecule has 0 unspecified atom stereocenters. The van der Waals surface area contributed by atoms with Gasteiger partial charge in [0.15, 0.2) is 0 Å². The fourth-order valence-electron chi connectivity index (χ4n) is 2.62. The van der Waals surface area contributed by atoms with Gasteiger partial charge in [0.05, 0.1) is 19.5 Å². The molecule has 0 bridgehead atoms. The molecule has 0 radical (unpaired) electrons. The van der Waals surface area contributed by atoms with Crippen LogP contribution in [-0.2, 0) is 9.53 Å². The van der Waals surface area contributed by atoms with Gasteiger partial charge in [-0.25, -0.2) is 4.98 Å². The number of hydrogen-bond acceptors (Lipinski definition) is 3. The summed E-state index contributed by atoms with van der Waals surface area (Å²) in [5.74, 6) is 0.0836. The van der Waals surface area contributed by atoms with E-state index >= 15 is 0 Å². The second kappa shape index (κ2) is 6.50. The van der Waals surface area contributed by atoms with Crippen molar-refractivity contribution in [3.63, 3.8) is 0 Å². The van der Waals surface area contributed by atoms with E-state index in [0.29, 0.717) is 24.7 Å². The van der Waals surface area contributed by atoms with Crippen LogP contribution in [0.3, 0.4) is 0 Å². The molecule has 22 heavy (non-hydrogen) atoms. The predicted molar refractivity (Wildman–Crippen MR) is 83.7 cm³/mol. The first-order valence-electron chi connectivity index (χ1n) is 7.28. The number of halogens is 1. The van der Waals surface area contributed by atoms with Gasteiger partial charge in [-0.1, -0.05) is 23.7 Å². The molecule has 1 aromatic heterocycles. The molecule has 0 spiro atoms. The van der Waals surface area contributed by atoms with Gasteiger partial charge in [-0.05, 0) is 24.6 Å². The Morgan fingerprint density at radius 3 is 2.86 bits per heavy atom. The molecule has 2 aromatic rings. The van der Waals surface area contributed by atoms with Crippen LogP contribution in [0.1, 0.15) is 24.6 Å². The highest BCUT2D eigenvalue weighted by molar-refractivity contribution is 6.30. The Labute approximate surface area is 134 Å². The van der Waals surface area contributed by atoms with Gasteiger partial charge in [0.1, 0.15) is 12.1 Å². The van der Waals surface area contributed by atoms with Gasteiger partial charge in [-0.15, -0.1) is 0 Å². The van der Waals surface area contributed by atoms with Gasteiger partial charge in [0, 0.05) is 24.0 Å². The number of benzene rings is 1. The second-order valence-electron chi connectivity index (χ2n) is 5.38. The van der Waals surface area contributed by atoms with E-state index in [1.807, 2.05) is 40.7 Å². The quantitative estimate of drug-likeness (QED) is 0.874. The summed E-state index contributed by atoms with van der Waals surface area (Å²) in [6, 6.07) is 7.32. The highest BCUT2D eigenvalue weighted by Crippen LogP contribution is 2.25. The van der Waals surface area contributed by atoms with Crippen LogP contribution in [0.15, 0.2) is 43.0 Å². The summed E-state index contributed by atoms with van der Waals surface area (Å²) < 4.78 is 7.61. The minimum absolute atomic E-state index is 0.0836. The normalized spacial score (nSPS) is 19.9. The van der Waals surface area contributed by atoms with Crippen molar-refractivity contribution in [1.82, 2.24) is 14.5 Å². The van der Waals surface area contributed by atoms with E-state index in [-0.39, 0.29) is 18.1 Å². The van der Waals surface area contributed by atoms with E-state index < -0.39 is 0 Å². The van der Waals surface area contributed by atoms with Gasteiger partial charge in [-0.3, -0.25) is 4.79 Å². The first-order chi connectivity index (χ1) is 10.6. The van der Waals surface area contributed by atoms with Gasteiger partial charge in [-0.2, -0.15) is 0 Å². The zero-order chi connectivity index (χ0) is 15.5. The summed E-state index contributed by atoms with van der Waals surface area (Å²) in [6.07, 6.45) is 5.05. The Bertz CT molecular complexity index is 627. The van der Waals surface area contributed by atoms with Gasteiger partial charge in [0.25, 0.3) is 0 Å². The number of nitrogens with zero attached hydrogens (tertiary/aromatic N) is 3. The third kappa shape index (κ3) is 3.15. The van der Waals surface area contributed by atoms with E-state index in [1.165, 1.54) is 0 Å². The summed E-state index contributed by atoms with van der Waals surface area (Å²) >= 11 is 5.91. The largest absolute Gasteiger partial charge is 0.370 e. The van der Waals surface area contributed by atoms with Gasteiger partial charge < -0.3 is 14.2 Å². The molecule has 0 N–H and O–H groups in total. The van der Waals surface area contributed by atoms with Crippen LogP contribution in [0.2, 0.25) is 5.02 Å². The van der Waals surface area contributed by atoms with Crippen LogP contribution in [0.25, 0.3) is 0 Å². The van der Waals surface area contributed by atoms with E-state index in [9.17, 15) is 4.79 Å². The number of morpholine rings is 1. The predicted octanol–water partition coefficient (Wildman–Crippen LogP) is 2.70. The average Bonchev–Trinajstić information content (AvgIpc) is 3.09. The average molecular weight is 320 g/mol. The highest BCUT2D eigenvalue weighted by Gasteiger charge is 2.28. The Kier molecular flexibility index (Phi) is 4.45. The third-order valence-electron chi connectivity index (χ3n) is 3.95. The maximum Gasteiger partial charge on any atom is 0.245 e. The molecule has 1 aromatic carbocycles. The van der Waals surface area contributed by atoms with Crippen LogP contribution in [0.5, 0.6) is 0 Å². The number of rotatable bonds is 3. The smallest absolute Gasteiger partial charge is 0.245 e. The molecule has 0 aliphatic carbocycles. The molecule has 1 amide bonds. The van der Waals surface area contributed by atoms with Crippen molar-refractivity contribution in [3.05, 3.63) is 53.6 Å². The Morgan fingerprint density at radius 1 is 1.41 bits per heavy atom. The van der Waals surface area contributed by atoms with Crippen molar-refractivity contribution in [2.24, 2.45) is 0 Å². The number of carbonyl (C=O) groups excluding carboxylic acids is 1. The molecule has 1 aliphatic rings. The summed E-state index contributed by atoms with van der Waals surface area (Å²) in [5, 5.41) is 0.696. The standard InChI is InChI=1S/C16H18ClN3O2/c1-12(20-7-6-18-11-20)16(21)19-8-9-22-15(10-19)13-2-4-14(17)5-3-13/h2-7,11-12,15H,8-10H2,1H3/t12-,15-/m1/s1. The Balaban J connectivity index is 1.70. The van der Waals surface area contributed by atoms with E-state index in [4.69, 9.17) is 16.3 Å². The lowest BCUT2D eigenvalue weighted by Gasteiger charge is -2.34. The topological polar surface area (TPSA) is 47.4 Å². The molecule has 1 saturated heterocycles. The zero-order valence-corrected chi connectivity index (χ0v) is 13.1. The molecule has 2 atom stereocenters. The van der Waals surface area contributed by atoms with E-state index in [0.717, 1.165) is 5.56 Å². The number of aromatic nitrogens is 2. The first-order valence-corrected chi connectivity index (χ1v) is 7.66. The summed E-state index contributed by atoms with van der Waals surface area (Å²) in [5.41, 5.74) is 1.04. The molecule has 6 heteroatoms. The molecule has 116 valence electrons. The van der Waals surface area contributed by atoms with Gasteiger partial charge in [0.2, 0.25) is 5.91 Å².